The number of rotatable bonds is 7. The molecule has 1 aromatic carbocycles. The Morgan fingerprint density at radius 3 is 2.64 bits per heavy atom. The lowest BCUT2D eigenvalue weighted by Gasteiger charge is -2.06. The molecule has 5 heteroatoms. The molecule has 0 aliphatic heterocycles. The molecule has 118 valence electrons. The van der Waals surface area contributed by atoms with Gasteiger partial charge in [-0.15, -0.1) is 0 Å². The summed E-state index contributed by atoms with van der Waals surface area (Å²) in [6.07, 6.45) is 4.03. The highest BCUT2D eigenvalue weighted by atomic mass is 35.5. The van der Waals surface area contributed by atoms with Crippen molar-refractivity contribution in [2.24, 2.45) is 13.0 Å². The van der Waals surface area contributed by atoms with Crippen LogP contribution in [0.2, 0.25) is 5.02 Å². The largest absolute Gasteiger partial charge is 0.319 e. The summed E-state index contributed by atoms with van der Waals surface area (Å²) in [5.74, 6) is 1.72. The molecule has 0 N–H and O–H groups in total. The van der Waals surface area contributed by atoms with E-state index in [1.807, 2.05) is 11.6 Å². The van der Waals surface area contributed by atoms with Crippen LogP contribution in [0.5, 0.6) is 0 Å². The number of imidazole rings is 1. The summed E-state index contributed by atoms with van der Waals surface area (Å²) in [6, 6.07) is 6.94. The van der Waals surface area contributed by atoms with Crippen LogP contribution >= 0.6 is 23.4 Å². The van der Waals surface area contributed by atoms with E-state index in [4.69, 9.17) is 11.6 Å². The first-order chi connectivity index (χ1) is 10.5. The zero-order valence-electron chi connectivity index (χ0n) is 13.2. The Morgan fingerprint density at radius 2 is 2.00 bits per heavy atom. The second-order valence-electron chi connectivity index (χ2n) is 5.71. The summed E-state index contributed by atoms with van der Waals surface area (Å²) in [5.41, 5.74) is 1.23. The van der Waals surface area contributed by atoms with E-state index in [2.05, 4.69) is 18.8 Å². The Balaban J connectivity index is 2.03. The average Bonchev–Trinajstić information content (AvgIpc) is 2.85. The molecular formula is C17H21ClN2OS. The summed E-state index contributed by atoms with van der Waals surface area (Å²) in [6.45, 7) is 4.46. The molecule has 0 spiro atoms. The first kappa shape index (κ1) is 17.1. The molecule has 0 aliphatic rings. The molecule has 1 aromatic heterocycles. The van der Waals surface area contributed by atoms with Crippen molar-refractivity contribution in [3.8, 4) is 0 Å². The van der Waals surface area contributed by atoms with E-state index in [0.29, 0.717) is 16.3 Å². The van der Waals surface area contributed by atoms with Crippen LogP contribution in [-0.2, 0) is 7.05 Å². The molecule has 0 amide bonds. The first-order valence-electron chi connectivity index (χ1n) is 7.44. The molecule has 2 aromatic rings. The summed E-state index contributed by atoms with van der Waals surface area (Å²) in [4.78, 5) is 16.9. The minimum Gasteiger partial charge on any atom is -0.319 e. The molecular weight excluding hydrogens is 316 g/mol. The number of thioether (sulfide) groups is 1. The van der Waals surface area contributed by atoms with Gasteiger partial charge < -0.3 is 4.57 Å². The minimum atomic E-state index is -0.0271. The Kier molecular flexibility index (Phi) is 6.09. The van der Waals surface area contributed by atoms with Crippen LogP contribution in [0.25, 0.3) is 0 Å². The molecule has 0 bridgehead atoms. The maximum atomic E-state index is 12.5. The van der Waals surface area contributed by atoms with Gasteiger partial charge in [-0.05, 0) is 36.6 Å². The number of halogens is 1. The number of carbonyl (C=O) groups excluding carboxylic acids is 1. The number of carbonyl (C=O) groups is 1. The summed E-state index contributed by atoms with van der Waals surface area (Å²) >= 11 is 7.56. The topological polar surface area (TPSA) is 34.9 Å². The van der Waals surface area contributed by atoms with Gasteiger partial charge >= 0.3 is 0 Å². The predicted octanol–water partition coefficient (Wildman–Crippen LogP) is 4.83. The number of aromatic nitrogens is 2. The SMILES string of the molecule is CC(C)CCCSc1ncc(C(=O)c2ccc(Cl)cc2)n1C. The van der Waals surface area contributed by atoms with Gasteiger partial charge in [0.05, 0.1) is 6.20 Å². The van der Waals surface area contributed by atoms with Crippen LogP contribution in [0.4, 0.5) is 0 Å². The molecule has 0 aliphatic carbocycles. The van der Waals surface area contributed by atoms with Gasteiger partial charge in [-0.1, -0.05) is 43.6 Å². The Bertz CT molecular complexity index is 635. The molecule has 22 heavy (non-hydrogen) atoms. The third-order valence-electron chi connectivity index (χ3n) is 3.44. The van der Waals surface area contributed by atoms with Crippen molar-refractivity contribution in [1.82, 2.24) is 9.55 Å². The fourth-order valence-corrected chi connectivity index (χ4v) is 3.18. The van der Waals surface area contributed by atoms with Gasteiger partial charge in [0.1, 0.15) is 5.69 Å². The lowest BCUT2D eigenvalue weighted by atomic mass is 10.1. The lowest BCUT2D eigenvalue weighted by molar-refractivity contribution is 0.103. The van der Waals surface area contributed by atoms with E-state index >= 15 is 0 Å². The fraction of sp³-hybridized carbons (Fsp3) is 0.412. The molecule has 0 saturated carbocycles. The second-order valence-corrected chi connectivity index (χ2v) is 7.20. The number of benzene rings is 1. The maximum absolute atomic E-state index is 12.5. The van der Waals surface area contributed by atoms with Crippen LogP contribution in [-0.4, -0.2) is 21.1 Å². The van der Waals surface area contributed by atoms with Crippen LogP contribution in [0.15, 0.2) is 35.6 Å². The van der Waals surface area contributed by atoms with Crippen molar-refractivity contribution >= 4 is 29.1 Å². The second kappa shape index (κ2) is 7.84. The zero-order valence-corrected chi connectivity index (χ0v) is 14.7. The predicted molar refractivity (Wildman–Crippen MR) is 92.9 cm³/mol. The summed E-state index contributed by atoms with van der Waals surface area (Å²) < 4.78 is 1.87. The lowest BCUT2D eigenvalue weighted by Crippen LogP contribution is -2.07. The van der Waals surface area contributed by atoms with Crippen LogP contribution in [0.1, 0.15) is 42.7 Å². The Hall–Kier alpha value is -1.26. The molecule has 3 nitrogen and oxygen atoms in total. The first-order valence-corrected chi connectivity index (χ1v) is 8.80. The van der Waals surface area contributed by atoms with Crippen molar-refractivity contribution in [3.63, 3.8) is 0 Å². The van der Waals surface area contributed by atoms with Gasteiger partial charge in [0.15, 0.2) is 5.16 Å². The van der Waals surface area contributed by atoms with Gasteiger partial charge in [-0.25, -0.2) is 4.98 Å². The summed E-state index contributed by atoms with van der Waals surface area (Å²) in [7, 11) is 1.89. The van der Waals surface area contributed by atoms with E-state index in [0.717, 1.165) is 23.2 Å². The summed E-state index contributed by atoms with van der Waals surface area (Å²) in [5, 5.41) is 1.52. The number of ketones is 1. The van der Waals surface area contributed by atoms with Gasteiger partial charge in [0.2, 0.25) is 5.78 Å². The number of hydrogen-bond acceptors (Lipinski definition) is 3. The molecule has 0 unspecified atom stereocenters. The molecule has 0 atom stereocenters. The van der Waals surface area contributed by atoms with E-state index in [1.165, 1.54) is 6.42 Å². The van der Waals surface area contributed by atoms with Gasteiger partial charge in [-0.3, -0.25) is 4.79 Å². The monoisotopic (exact) mass is 336 g/mol. The third-order valence-corrected chi connectivity index (χ3v) is 4.82. The molecule has 1 heterocycles. The highest BCUT2D eigenvalue weighted by Gasteiger charge is 2.16. The van der Waals surface area contributed by atoms with Crippen molar-refractivity contribution in [1.29, 1.82) is 0 Å². The zero-order chi connectivity index (χ0) is 16.1. The highest BCUT2D eigenvalue weighted by molar-refractivity contribution is 7.99. The van der Waals surface area contributed by atoms with Crippen molar-refractivity contribution < 1.29 is 4.79 Å². The van der Waals surface area contributed by atoms with Crippen molar-refractivity contribution in [2.75, 3.05) is 5.75 Å². The highest BCUT2D eigenvalue weighted by Crippen LogP contribution is 2.21. The van der Waals surface area contributed by atoms with Gasteiger partial charge in [0, 0.05) is 23.4 Å². The molecule has 0 fully saturated rings. The number of nitrogens with zero attached hydrogens (tertiary/aromatic N) is 2. The third kappa shape index (κ3) is 4.37. The van der Waals surface area contributed by atoms with Gasteiger partial charge in [0.25, 0.3) is 0 Å². The molecule has 2 rings (SSSR count). The minimum absolute atomic E-state index is 0.0271. The van der Waals surface area contributed by atoms with Crippen LogP contribution in [0.3, 0.4) is 0 Å². The van der Waals surface area contributed by atoms with Crippen LogP contribution in [0, 0.1) is 5.92 Å². The Labute approximate surface area is 141 Å². The van der Waals surface area contributed by atoms with E-state index in [1.54, 1.807) is 42.2 Å². The normalized spacial score (nSPS) is 11.1. The molecule has 0 radical (unpaired) electrons. The average molecular weight is 337 g/mol. The molecule has 0 saturated heterocycles. The van der Waals surface area contributed by atoms with Crippen molar-refractivity contribution in [2.45, 2.75) is 31.8 Å². The quantitative estimate of drug-likeness (QED) is 0.412. The van der Waals surface area contributed by atoms with E-state index in [-0.39, 0.29) is 5.78 Å². The van der Waals surface area contributed by atoms with Crippen LogP contribution < -0.4 is 0 Å². The maximum Gasteiger partial charge on any atom is 0.211 e. The Morgan fingerprint density at radius 1 is 1.32 bits per heavy atom. The van der Waals surface area contributed by atoms with E-state index < -0.39 is 0 Å². The van der Waals surface area contributed by atoms with Gasteiger partial charge in [-0.2, -0.15) is 0 Å². The van der Waals surface area contributed by atoms with Crippen molar-refractivity contribution in [3.05, 3.63) is 46.7 Å². The standard InChI is InChI=1S/C17H21ClN2OS/c1-12(2)5-4-10-22-17-19-11-15(20(17)3)16(21)13-6-8-14(18)9-7-13/h6-9,11-12H,4-5,10H2,1-3H3. The smallest absolute Gasteiger partial charge is 0.211 e. The fourth-order valence-electron chi connectivity index (χ4n) is 2.14. The number of hydrogen-bond donors (Lipinski definition) is 0. The van der Waals surface area contributed by atoms with E-state index in [9.17, 15) is 4.79 Å².